The van der Waals surface area contributed by atoms with Crippen molar-refractivity contribution in [2.75, 3.05) is 13.7 Å². The van der Waals surface area contributed by atoms with Gasteiger partial charge in [-0.05, 0) is 18.4 Å². The largest absolute Gasteiger partial charge is 0.472 e. The fourth-order valence-electron chi connectivity index (χ4n) is 13.3. The summed E-state index contributed by atoms with van der Waals surface area (Å²) in [6.07, 6.45) is -7.39. The van der Waals surface area contributed by atoms with Crippen LogP contribution in [0.5, 0.6) is 0 Å². The molecule has 7 fully saturated rings. The van der Waals surface area contributed by atoms with Gasteiger partial charge in [0.2, 0.25) is 0 Å². The minimum atomic E-state index is -2.68. The molecular weight excluding hydrogens is 772 g/mol. The van der Waals surface area contributed by atoms with Gasteiger partial charge in [-0.2, -0.15) is 0 Å². The van der Waals surface area contributed by atoms with Crippen LogP contribution in [0.3, 0.4) is 0 Å². The Hall–Kier alpha value is -4.59. The van der Waals surface area contributed by atoms with Gasteiger partial charge in [0.25, 0.3) is 5.97 Å². The summed E-state index contributed by atoms with van der Waals surface area (Å²) in [6.45, 7) is 9.32. The summed E-state index contributed by atoms with van der Waals surface area (Å²) in [5.74, 6) is -11.1. The minimum absolute atomic E-state index is 0.275. The number of carbonyl (C=O) groups excluding carboxylic acids is 7. The second-order valence-corrected chi connectivity index (χ2v) is 17.2. The van der Waals surface area contributed by atoms with Crippen molar-refractivity contribution in [3.8, 4) is 0 Å². The molecular formula is C39H46O19. The summed E-state index contributed by atoms with van der Waals surface area (Å²) in [4.78, 5) is 94.8. The number of hydrogen-bond donors (Lipinski definition) is 1. The van der Waals surface area contributed by atoms with Gasteiger partial charge in [0.15, 0.2) is 35.1 Å². The Kier molecular flexibility index (Phi) is 8.48. The average Bonchev–Trinajstić information content (AvgIpc) is 3.82. The van der Waals surface area contributed by atoms with E-state index in [1.54, 1.807) is 13.8 Å². The van der Waals surface area contributed by atoms with Crippen molar-refractivity contribution in [3.05, 3.63) is 24.2 Å². The highest BCUT2D eigenvalue weighted by Gasteiger charge is 3.07. The molecule has 19 nitrogen and oxygen atoms in total. The fraction of sp³-hybridized carbons (Fsp3) is 0.718. The van der Waals surface area contributed by atoms with E-state index in [1.165, 1.54) is 25.5 Å². The summed E-state index contributed by atoms with van der Waals surface area (Å²) in [5.41, 5.74) is -15.1. The molecule has 4 aliphatic carbocycles. The van der Waals surface area contributed by atoms with Gasteiger partial charge >= 0.3 is 41.8 Å². The van der Waals surface area contributed by atoms with Crippen molar-refractivity contribution in [2.24, 2.45) is 28.1 Å². The van der Waals surface area contributed by atoms with E-state index >= 15 is 0 Å². The van der Waals surface area contributed by atoms with Crippen LogP contribution >= 0.6 is 0 Å². The molecule has 19 heteroatoms. The molecule has 3 saturated heterocycles. The summed E-state index contributed by atoms with van der Waals surface area (Å²) in [6, 6.07) is 1.51. The molecule has 7 aliphatic rings. The van der Waals surface area contributed by atoms with Crippen LogP contribution in [0, 0.1) is 28.1 Å². The average molecular weight is 819 g/mol. The Morgan fingerprint density at radius 3 is 2.02 bits per heavy atom. The van der Waals surface area contributed by atoms with Crippen LogP contribution in [-0.4, -0.2) is 113 Å². The Morgan fingerprint density at radius 2 is 1.45 bits per heavy atom. The number of ether oxygens (including phenoxy) is 10. The predicted octanol–water partition coefficient (Wildman–Crippen LogP) is 1.49. The third-order valence-corrected chi connectivity index (χ3v) is 14.3. The molecule has 0 amide bonds. The molecule has 4 heterocycles. The van der Waals surface area contributed by atoms with E-state index in [4.69, 9.17) is 51.8 Å². The lowest BCUT2D eigenvalue weighted by Gasteiger charge is -2.78. The van der Waals surface area contributed by atoms with Gasteiger partial charge in [-0.15, -0.1) is 0 Å². The first-order valence-electron chi connectivity index (χ1n) is 18.9. The number of esters is 7. The summed E-state index contributed by atoms with van der Waals surface area (Å²) >= 11 is 0. The monoisotopic (exact) mass is 818 g/mol. The van der Waals surface area contributed by atoms with E-state index in [-0.39, 0.29) is 12.0 Å². The first-order chi connectivity index (χ1) is 27.0. The molecule has 4 bridgehead atoms. The molecule has 1 aromatic rings. The number of carbonyl (C=O) groups is 7. The molecule has 58 heavy (non-hydrogen) atoms. The fourth-order valence-corrected chi connectivity index (χ4v) is 13.3. The second-order valence-electron chi connectivity index (χ2n) is 17.2. The van der Waals surface area contributed by atoms with E-state index in [1.807, 2.05) is 0 Å². The van der Waals surface area contributed by atoms with Crippen LogP contribution in [-0.2, 0) is 80.9 Å². The molecule has 0 radical (unpaired) electrons. The first-order valence-corrected chi connectivity index (χ1v) is 18.9. The molecule has 8 rings (SSSR count). The van der Waals surface area contributed by atoms with Crippen molar-refractivity contribution < 1.29 is 90.5 Å². The lowest BCUT2D eigenvalue weighted by molar-refractivity contribution is -0.497. The third kappa shape index (κ3) is 4.39. The van der Waals surface area contributed by atoms with Gasteiger partial charge in [0, 0.05) is 64.9 Å². The molecule has 15 atom stereocenters. The number of furan rings is 1. The van der Waals surface area contributed by atoms with Gasteiger partial charge in [-0.3, -0.25) is 33.6 Å². The van der Waals surface area contributed by atoms with E-state index < -0.39 is 148 Å². The van der Waals surface area contributed by atoms with Crippen LogP contribution in [0.1, 0.15) is 86.3 Å². The molecule has 1 aromatic heterocycles. The maximum Gasteiger partial charge on any atom is 0.306 e. The zero-order valence-corrected chi connectivity index (χ0v) is 33.4. The quantitative estimate of drug-likeness (QED) is 0.274. The van der Waals surface area contributed by atoms with E-state index in [9.17, 15) is 38.7 Å². The normalized spacial score (nSPS) is 47.2. The molecule has 2 spiro atoms. The summed E-state index contributed by atoms with van der Waals surface area (Å²) in [7, 11) is 1.15. The molecule has 3 aliphatic heterocycles. The number of methoxy groups -OCH3 is 1. The lowest BCUT2D eigenvalue weighted by atomic mass is 9.32. The number of rotatable bonds is 9. The highest BCUT2D eigenvalue weighted by atomic mass is 16.9. The summed E-state index contributed by atoms with van der Waals surface area (Å²) < 4.78 is 68.9. The van der Waals surface area contributed by atoms with Crippen LogP contribution < -0.4 is 0 Å². The van der Waals surface area contributed by atoms with Crippen molar-refractivity contribution >= 4 is 41.8 Å². The third-order valence-electron chi connectivity index (χ3n) is 14.3. The van der Waals surface area contributed by atoms with Crippen molar-refractivity contribution in [1.82, 2.24) is 0 Å². The van der Waals surface area contributed by atoms with Gasteiger partial charge in [-0.25, -0.2) is 0 Å². The lowest BCUT2D eigenvalue weighted by Crippen LogP contribution is -2.98. The highest BCUT2D eigenvalue weighted by Crippen LogP contribution is 2.90. The Bertz CT molecular complexity index is 2010. The number of cyclic esters (lactones) is 1. The SMILES string of the molecule is COC(=O)C[C@H]1[C@@]2(C)C[C@@]34O[C@@]5(C)O[C@]6([C@@H]7CC(=O)O[C@H](c8ccoc8)[C@]7(C)[C@@H](OC(C)=O)[C@@H](OC(C)=O)[C@@]6(O5)[C@@]13COC(C)=O)[C@H](OC(C)=O)[C@@]4(O)[C@H]2OC(C)=O. The maximum absolute atomic E-state index is 14.2. The molecule has 4 saturated carbocycles. The van der Waals surface area contributed by atoms with E-state index in [0.717, 1.165) is 41.7 Å². The Balaban J connectivity index is 1.60. The topological polar surface area (TPSA) is 245 Å². The molecule has 0 aromatic carbocycles. The Morgan fingerprint density at radius 1 is 0.828 bits per heavy atom. The summed E-state index contributed by atoms with van der Waals surface area (Å²) in [5, 5.41) is 14.1. The molecule has 316 valence electrons. The smallest absolute Gasteiger partial charge is 0.306 e. The number of hydrogen-bond acceptors (Lipinski definition) is 19. The van der Waals surface area contributed by atoms with Gasteiger partial charge < -0.3 is 56.9 Å². The predicted molar refractivity (Wildman–Crippen MR) is 183 cm³/mol. The van der Waals surface area contributed by atoms with Gasteiger partial charge in [0.1, 0.15) is 24.4 Å². The zero-order chi connectivity index (χ0) is 42.4. The van der Waals surface area contributed by atoms with Crippen molar-refractivity contribution in [2.45, 2.75) is 134 Å². The van der Waals surface area contributed by atoms with Gasteiger partial charge in [-0.1, -0.05) is 13.8 Å². The van der Waals surface area contributed by atoms with E-state index in [2.05, 4.69) is 0 Å². The highest BCUT2D eigenvalue weighted by molar-refractivity contribution is 5.76. The van der Waals surface area contributed by atoms with E-state index in [0.29, 0.717) is 0 Å². The molecule has 0 unspecified atom stereocenters. The van der Waals surface area contributed by atoms with Crippen LogP contribution in [0.15, 0.2) is 23.0 Å². The maximum atomic E-state index is 14.2. The first kappa shape index (κ1) is 40.2. The van der Waals surface area contributed by atoms with Crippen LogP contribution in [0.4, 0.5) is 0 Å². The minimum Gasteiger partial charge on any atom is -0.472 e. The van der Waals surface area contributed by atoms with Crippen molar-refractivity contribution in [1.29, 1.82) is 0 Å². The Labute approximate surface area is 331 Å². The zero-order valence-electron chi connectivity index (χ0n) is 33.4. The van der Waals surface area contributed by atoms with Crippen molar-refractivity contribution in [3.63, 3.8) is 0 Å². The number of aliphatic hydroxyl groups is 1. The van der Waals surface area contributed by atoms with Crippen LogP contribution in [0.25, 0.3) is 0 Å². The standard InChI is InChI=1S/C39H46O19/c1-17(40)50-16-35-23(12-25(45)48-9)32(6)15-36(35)37(47,30(32)53-20(4)43)31(54-21(5)44)38-24-13-26(46)55-27(22-10-11-49-14-22)33(24,7)28(51-18(2)41)29(52-19(3)42)39(35,38)58-34(8,56-36)57-38/h10-11,14,23-24,27-31,47H,12-13,15-16H2,1-9H3/t23-,24+,27+,28-,29+,30-,31+,32+,33+,34-,35-,36+,37-,38+,39+/m0/s1. The number of fused-ring (bicyclic) bond motifs is 3. The molecule has 1 N–H and O–H groups in total. The van der Waals surface area contributed by atoms with Crippen LogP contribution in [0.2, 0.25) is 0 Å². The second kappa shape index (κ2) is 12.2. The van der Waals surface area contributed by atoms with Gasteiger partial charge in [0.05, 0.1) is 36.9 Å².